The molecule has 0 fully saturated rings. The number of carboxylic acids is 1. The van der Waals surface area contributed by atoms with Gasteiger partial charge in [0.1, 0.15) is 66.2 Å². The van der Waals surface area contributed by atoms with E-state index in [0.717, 1.165) is 27.4 Å². The maximum Gasteiger partial charge on any atom is 0.326 e. The van der Waals surface area contributed by atoms with E-state index in [1.165, 1.54) is 24.3 Å². The van der Waals surface area contributed by atoms with E-state index in [-0.39, 0.29) is 102 Å². The topological polar surface area (TPSA) is 582 Å². The summed E-state index contributed by atoms with van der Waals surface area (Å²) in [6.45, 7) is 14.1. The molecule has 3 aromatic carbocycles. The molecule has 11 atom stereocenters. The quantitative estimate of drug-likeness (QED) is 0.0139. The molecule has 10 amide bonds. The number of aromatic hydroxyl groups is 1. The summed E-state index contributed by atoms with van der Waals surface area (Å²) in [5, 5.41) is 69.6. The lowest BCUT2D eigenvalue weighted by Crippen LogP contribution is -2.62. The summed E-state index contributed by atoms with van der Waals surface area (Å²) in [4.78, 5) is 164. The third-order valence-corrected chi connectivity index (χ3v) is 18.6. The van der Waals surface area contributed by atoms with Crippen LogP contribution >= 0.6 is 0 Å². The molecular formula is C75H115N21O13. The molecule has 34 heteroatoms. The first-order valence-electron chi connectivity index (χ1n) is 37.2. The van der Waals surface area contributed by atoms with Crippen molar-refractivity contribution in [2.75, 3.05) is 26.2 Å². The van der Waals surface area contributed by atoms with E-state index in [1.54, 1.807) is 73.8 Å². The van der Waals surface area contributed by atoms with E-state index in [9.17, 15) is 58.2 Å². The van der Waals surface area contributed by atoms with Gasteiger partial charge in [0.05, 0.1) is 6.04 Å². The fourth-order valence-corrected chi connectivity index (χ4v) is 12.3. The predicted molar refractivity (Wildman–Crippen MR) is 414 cm³/mol. The number of aromatic nitrogens is 2. The van der Waals surface area contributed by atoms with E-state index in [1.807, 2.05) is 42.5 Å². The van der Waals surface area contributed by atoms with Crippen molar-refractivity contribution in [3.8, 4) is 5.75 Å². The number of carbonyl (C=O) groups excluding carboxylic acids is 10. The van der Waals surface area contributed by atoms with Gasteiger partial charge in [0.15, 0.2) is 11.9 Å². The number of H-pyrrole nitrogens is 2. The van der Waals surface area contributed by atoms with Crippen LogP contribution in [0.5, 0.6) is 5.75 Å². The Kier molecular flexibility index (Phi) is 36.2. The van der Waals surface area contributed by atoms with Crippen LogP contribution in [0, 0.1) is 34.5 Å². The zero-order valence-electron chi connectivity index (χ0n) is 63.5. The third-order valence-electron chi connectivity index (χ3n) is 18.6. The molecule has 5 rings (SSSR count). The second-order valence-corrected chi connectivity index (χ2v) is 28.8. The number of benzene rings is 3. The molecule has 2 heterocycles. The van der Waals surface area contributed by atoms with Crippen molar-refractivity contribution in [3.63, 3.8) is 0 Å². The summed E-state index contributed by atoms with van der Waals surface area (Å²) in [5.74, 6) is -12.6. The van der Waals surface area contributed by atoms with Crippen LogP contribution in [0.1, 0.15) is 136 Å². The van der Waals surface area contributed by atoms with Gasteiger partial charge in [-0.15, -0.1) is 0 Å². The predicted octanol–water partition coefficient (Wildman–Crippen LogP) is 0.0511. The van der Waals surface area contributed by atoms with Gasteiger partial charge in [0, 0.05) is 60.1 Å². The first-order chi connectivity index (χ1) is 51.7. The van der Waals surface area contributed by atoms with Crippen LogP contribution in [0.15, 0.2) is 85.2 Å². The van der Waals surface area contributed by atoms with Crippen LogP contribution in [0.3, 0.4) is 0 Å². The van der Waals surface area contributed by atoms with Crippen molar-refractivity contribution < 1.29 is 63.0 Å². The molecule has 28 N–H and O–H groups in total. The van der Waals surface area contributed by atoms with E-state index in [2.05, 4.69) is 73.8 Å². The number of carboxylic acid groups (broad SMARTS) is 1. The van der Waals surface area contributed by atoms with Gasteiger partial charge in [-0.25, -0.2) is 4.79 Å². The van der Waals surface area contributed by atoms with Gasteiger partial charge in [-0.3, -0.25) is 58.8 Å². The highest BCUT2D eigenvalue weighted by Crippen LogP contribution is 2.23. The zero-order valence-corrected chi connectivity index (χ0v) is 63.5. The number of para-hydroxylation sites is 2. The fourth-order valence-electron chi connectivity index (χ4n) is 12.3. The number of nitrogens with two attached hydrogens (primary N) is 5. The Hall–Kier alpha value is -10.9. The molecule has 0 saturated heterocycles. The van der Waals surface area contributed by atoms with Gasteiger partial charge in [-0.1, -0.05) is 104 Å². The summed E-state index contributed by atoms with van der Waals surface area (Å²) < 4.78 is 0. The number of rotatable bonds is 47. The Balaban J connectivity index is 1.40. The Labute approximate surface area is 635 Å². The van der Waals surface area contributed by atoms with E-state index < -0.39 is 155 Å². The molecule has 0 radical (unpaired) electrons. The number of fused-ring (bicyclic) bond motifs is 2. The largest absolute Gasteiger partial charge is 0.508 e. The van der Waals surface area contributed by atoms with Gasteiger partial charge in [0.2, 0.25) is 59.1 Å². The van der Waals surface area contributed by atoms with E-state index in [0.29, 0.717) is 36.8 Å². The second-order valence-electron chi connectivity index (χ2n) is 28.8. The lowest BCUT2D eigenvalue weighted by atomic mass is 9.97. The van der Waals surface area contributed by atoms with Crippen LogP contribution in [-0.2, 0) is 72.0 Å². The van der Waals surface area contributed by atoms with Crippen molar-refractivity contribution >= 4 is 98.8 Å². The monoisotopic (exact) mass is 1520 g/mol. The normalized spacial score (nSPS) is 14.4. The van der Waals surface area contributed by atoms with Gasteiger partial charge in [-0.2, -0.15) is 0 Å². The highest BCUT2D eigenvalue weighted by molar-refractivity contribution is 6.00. The SMILES string of the molecule is CC(C)[C@H](NC(=O)[C@H](Cc1ccc(O)cc1)NC(=O)[C@@H](NC(=O)[C@H](Cc1c[nH]c2ccccc12)NC(=O)[C@@H](NC(=O)[C@@H](NC(=O)[C@@H](N)Cc1c[nH]c2ccccc12)C(C)C)C(C)C)C(C)C)C(=O)N[C@@H](CCCNC(=N)N)C(=O)N[C@@H](CCCCN)C(=O)N[C@@H](CCCCN)C(=O)N[C@@H](CCCNC(=N)N)C(=O)O. The van der Waals surface area contributed by atoms with E-state index >= 15 is 4.79 Å². The summed E-state index contributed by atoms with van der Waals surface area (Å²) in [7, 11) is 0. The minimum atomic E-state index is -1.51. The molecule has 0 unspecified atom stereocenters. The molecule has 0 aliphatic carbocycles. The maximum absolute atomic E-state index is 15.1. The number of nitrogens with one attached hydrogen (secondary N) is 16. The van der Waals surface area contributed by atoms with Crippen molar-refractivity contribution in [1.29, 1.82) is 10.8 Å². The van der Waals surface area contributed by atoms with Crippen molar-refractivity contribution in [2.24, 2.45) is 52.3 Å². The Bertz CT molecular complexity index is 3880. The second kappa shape index (κ2) is 44.4. The molecule has 2 aromatic heterocycles. The maximum atomic E-state index is 15.1. The van der Waals surface area contributed by atoms with Crippen LogP contribution in [-0.4, -0.2) is 190 Å². The smallest absolute Gasteiger partial charge is 0.326 e. The van der Waals surface area contributed by atoms with Crippen LogP contribution in [0.2, 0.25) is 0 Å². The van der Waals surface area contributed by atoms with Crippen LogP contribution in [0.25, 0.3) is 21.8 Å². The number of phenols is 1. The fraction of sp³-hybridized carbons (Fsp3) is 0.533. The molecule has 0 spiro atoms. The average Bonchev–Trinajstić information content (AvgIpc) is 1.76. The Morgan fingerprint density at radius 3 is 1.11 bits per heavy atom. The van der Waals surface area contributed by atoms with Crippen molar-refractivity contribution in [1.82, 2.24) is 73.8 Å². The Morgan fingerprint density at radius 2 is 0.716 bits per heavy atom. The van der Waals surface area contributed by atoms with Gasteiger partial charge in [0.25, 0.3) is 0 Å². The standard InChI is InChI=1S/C75H115N21O13/c1-40(2)59(69(104)89-55(25-17-33-83-74(79)80)65(100)87-53(23-13-15-31-76)64(99)88-54(24-14-16-32-77)66(101)90-56(73(108)109)26-18-34-84-75(81)82)94-67(102)57(35-44-27-29-47(97)30-28-44)91-70(105)60(41(3)4)95-68(103)58(37-46-39-86-52-22-12-10-20-49(46)52)92-71(106)61(42(5)6)96-72(107)62(43(7)8)93-63(98)50(78)36-45-38-85-51-21-11-9-19-48(45)51/h9-12,19-22,27-30,38-43,50,53-62,85-86,97H,13-18,23-26,31-37,76-78H2,1-8H3,(H,87,100)(H,88,99)(H,89,104)(H,90,101)(H,91,105)(H,92,106)(H,93,98)(H,94,102)(H,95,103)(H,96,107)(H,108,109)(H4,79,80,83)(H4,81,82,84)/t50-,53-,54-,55-,56-,57-,58-,59-,60-,61-,62-/m0/s1. The number of aromatic amines is 2. The molecule has 0 bridgehead atoms. The minimum Gasteiger partial charge on any atom is -0.508 e. The van der Waals surface area contributed by atoms with Crippen LogP contribution < -0.4 is 92.5 Å². The summed E-state index contributed by atoms with van der Waals surface area (Å²) in [6, 6.07) is 5.93. The number of carbonyl (C=O) groups is 11. The summed E-state index contributed by atoms with van der Waals surface area (Å²) in [5.41, 5.74) is 32.4. The first kappa shape index (κ1) is 88.8. The number of unbranched alkanes of at least 4 members (excludes halogenated alkanes) is 2. The molecule has 109 heavy (non-hydrogen) atoms. The van der Waals surface area contributed by atoms with Crippen molar-refractivity contribution in [2.45, 2.75) is 205 Å². The summed E-state index contributed by atoms with van der Waals surface area (Å²) in [6.07, 6.45) is 4.95. The van der Waals surface area contributed by atoms with Crippen molar-refractivity contribution in [3.05, 3.63) is 102 Å². The van der Waals surface area contributed by atoms with Gasteiger partial charge >= 0.3 is 5.97 Å². The molecular weight excluding hydrogens is 1400 g/mol. The molecule has 0 saturated carbocycles. The number of aliphatic carboxylic acids is 1. The number of guanidine groups is 2. The molecule has 0 aliphatic rings. The Morgan fingerprint density at radius 1 is 0.394 bits per heavy atom. The van der Waals surface area contributed by atoms with E-state index in [4.69, 9.17) is 39.5 Å². The van der Waals surface area contributed by atoms with Gasteiger partial charge in [-0.05, 0) is 148 Å². The molecule has 34 nitrogen and oxygen atoms in total. The molecule has 598 valence electrons. The third kappa shape index (κ3) is 28.7. The number of hydrogen-bond acceptors (Lipinski definition) is 17. The molecule has 0 aliphatic heterocycles. The first-order valence-corrected chi connectivity index (χ1v) is 37.2. The number of phenolic OH excluding ortho intramolecular Hbond substituents is 1. The highest BCUT2D eigenvalue weighted by Gasteiger charge is 2.39. The average molecular weight is 1520 g/mol. The highest BCUT2D eigenvalue weighted by atomic mass is 16.4. The van der Waals surface area contributed by atoms with Gasteiger partial charge < -0.3 is 113 Å². The number of hydrogen-bond donors (Lipinski definition) is 23. The zero-order chi connectivity index (χ0) is 80.6. The van der Waals surface area contributed by atoms with Crippen LogP contribution in [0.4, 0.5) is 0 Å². The lowest BCUT2D eigenvalue weighted by Gasteiger charge is -2.31. The summed E-state index contributed by atoms with van der Waals surface area (Å²) >= 11 is 0. The molecule has 5 aromatic rings. The number of amides is 10. The minimum absolute atomic E-state index is 0.00353. The lowest BCUT2D eigenvalue weighted by molar-refractivity contribution is -0.142.